The van der Waals surface area contributed by atoms with E-state index in [1.165, 1.54) is 12.4 Å². The van der Waals surface area contributed by atoms with Crippen molar-refractivity contribution in [2.75, 3.05) is 18.4 Å². The summed E-state index contributed by atoms with van der Waals surface area (Å²) in [5.74, 6) is 0.308. The molecule has 0 atom stereocenters. The van der Waals surface area contributed by atoms with E-state index in [1.807, 2.05) is 6.07 Å². The molecule has 1 amide bonds. The number of nitrogens with one attached hydrogen (secondary N) is 1. The third-order valence-corrected chi connectivity index (χ3v) is 3.31. The van der Waals surface area contributed by atoms with Crippen molar-refractivity contribution in [3.8, 4) is 6.07 Å². The molecule has 0 aromatic carbocycles. The molecule has 1 aromatic rings. The molecule has 0 spiro atoms. The third kappa shape index (κ3) is 3.72. The topological polar surface area (TPSA) is 69.0 Å². The average molecular weight is 291 g/mol. The Morgan fingerprint density at radius 1 is 1.40 bits per heavy atom. The number of pyridine rings is 1. The van der Waals surface area contributed by atoms with Crippen LogP contribution in [0.2, 0.25) is 5.02 Å². The maximum Gasteiger partial charge on any atom is 0.266 e. The van der Waals surface area contributed by atoms with Crippen molar-refractivity contribution in [3.63, 3.8) is 0 Å². The zero-order chi connectivity index (χ0) is 14.4. The van der Waals surface area contributed by atoms with Gasteiger partial charge in [0.25, 0.3) is 5.91 Å². The Morgan fingerprint density at radius 3 is 2.75 bits per heavy atom. The predicted octanol–water partition coefficient (Wildman–Crippen LogP) is 2.57. The van der Waals surface area contributed by atoms with Gasteiger partial charge in [-0.2, -0.15) is 5.26 Å². The highest BCUT2D eigenvalue weighted by atomic mass is 35.5. The van der Waals surface area contributed by atoms with Gasteiger partial charge in [0, 0.05) is 25.5 Å². The molecular formula is C14H15ClN4O. The number of likely N-dealkylation sites (tertiary alicyclic amines) is 1. The lowest BCUT2D eigenvalue weighted by Gasteiger charge is -2.26. The molecule has 1 aromatic heterocycles. The van der Waals surface area contributed by atoms with Crippen LogP contribution in [0.15, 0.2) is 30.1 Å². The second-order valence-electron chi connectivity index (χ2n) is 4.53. The lowest BCUT2D eigenvalue weighted by molar-refractivity contribution is -0.127. The minimum atomic E-state index is -0.228. The van der Waals surface area contributed by atoms with Crippen LogP contribution in [0.3, 0.4) is 0 Å². The maximum atomic E-state index is 12.2. The number of nitriles is 1. The van der Waals surface area contributed by atoms with Gasteiger partial charge in [0.1, 0.15) is 17.5 Å². The molecule has 104 valence electrons. The summed E-state index contributed by atoms with van der Waals surface area (Å²) in [5.41, 5.74) is 0.0867. The molecule has 1 aliphatic rings. The van der Waals surface area contributed by atoms with E-state index in [9.17, 15) is 4.79 Å². The first-order valence-corrected chi connectivity index (χ1v) is 6.86. The van der Waals surface area contributed by atoms with Crippen LogP contribution >= 0.6 is 11.6 Å². The molecule has 6 heteroatoms. The number of piperidine rings is 1. The van der Waals surface area contributed by atoms with Crippen LogP contribution in [0.25, 0.3) is 0 Å². The summed E-state index contributed by atoms with van der Waals surface area (Å²) in [4.78, 5) is 17.9. The van der Waals surface area contributed by atoms with Crippen molar-refractivity contribution in [3.05, 3.63) is 35.1 Å². The smallest absolute Gasteiger partial charge is 0.266 e. The summed E-state index contributed by atoms with van der Waals surface area (Å²) < 4.78 is 0. The van der Waals surface area contributed by atoms with Crippen LogP contribution < -0.4 is 5.32 Å². The average Bonchev–Trinajstić information content (AvgIpc) is 2.50. The highest BCUT2D eigenvalue weighted by Crippen LogP contribution is 2.13. The van der Waals surface area contributed by atoms with Gasteiger partial charge in [0.05, 0.1) is 5.02 Å². The Hall–Kier alpha value is -2.06. The van der Waals surface area contributed by atoms with Gasteiger partial charge >= 0.3 is 0 Å². The van der Waals surface area contributed by atoms with Crippen LogP contribution in [0.1, 0.15) is 19.3 Å². The van der Waals surface area contributed by atoms with Gasteiger partial charge in [-0.05, 0) is 31.4 Å². The molecule has 1 fully saturated rings. The number of carbonyl (C=O) groups is 1. The van der Waals surface area contributed by atoms with Gasteiger partial charge in [-0.3, -0.25) is 4.79 Å². The van der Waals surface area contributed by atoms with E-state index < -0.39 is 0 Å². The van der Waals surface area contributed by atoms with E-state index in [2.05, 4.69) is 10.3 Å². The van der Waals surface area contributed by atoms with Gasteiger partial charge in [-0.15, -0.1) is 0 Å². The first-order chi connectivity index (χ1) is 9.70. The Bertz CT molecular complexity index is 541. The lowest BCUT2D eigenvalue weighted by atomic mass is 10.1. The zero-order valence-corrected chi connectivity index (χ0v) is 11.7. The molecule has 0 aliphatic carbocycles. The molecule has 5 nitrogen and oxygen atoms in total. The van der Waals surface area contributed by atoms with Crippen LogP contribution in [0, 0.1) is 11.3 Å². The van der Waals surface area contributed by atoms with Crippen molar-refractivity contribution in [1.29, 1.82) is 5.26 Å². The van der Waals surface area contributed by atoms with Gasteiger partial charge in [-0.1, -0.05) is 11.6 Å². The summed E-state index contributed by atoms with van der Waals surface area (Å²) in [6.07, 6.45) is 6.03. The van der Waals surface area contributed by atoms with E-state index in [1.54, 1.807) is 17.0 Å². The van der Waals surface area contributed by atoms with Gasteiger partial charge in [-0.25, -0.2) is 4.98 Å². The minimum Gasteiger partial charge on any atom is -0.345 e. The molecule has 0 unspecified atom stereocenters. The summed E-state index contributed by atoms with van der Waals surface area (Å²) in [7, 11) is 0. The van der Waals surface area contributed by atoms with Crippen molar-refractivity contribution >= 4 is 23.3 Å². The predicted molar refractivity (Wildman–Crippen MR) is 77.0 cm³/mol. The lowest BCUT2D eigenvalue weighted by Crippen LogP contribution is -2.36. The molecule has 0 bridgehead atoms. The minimum absolute atomic E-state index is 0.0867. The van der Waals surface area contributed by atoms with Crippen LogP contribution in [-0.4, -0.2) is 28.9 Å². The van der Waals surface area contributed by atoms with Gasteiger partial charge in [0.15, 0.2) is 0 Å². The Balaban J connectivity index is 2.03. The van der Waals surface area contributed by atoms with Gasteiger partial charge in [0.2, 0.25) is 0 Å². The summed E-state index contributed by atoms with van der Waals surface area (Å²) in [6, 6.07) is 5.30. The fourth-order valence-electron chi connectivity index (χ4n) is 2.02. The zero-order valence-electron chi connectivity index (χ0n) is 11.0. The molecule has 0 radical (unpaired) electrons. The summed E-state index contributed by atoms with van der Waals surface area (Å²) in [5, 5.41) is 12.5. The van der Waals surface area contributed by atoms with Crippen molar-refractivity contribution < 1.29 is 4.79 Å². The summed E-state index contributed by atoms with van der Waals surface area (Å²) in [6.45, 7) is 1.44. The number of hydrogen-bond donors (Lipinski definition) is 1. The molecule has 1 N–H and O–H groups in total. The van der Waals surface area contributed by atoms with Gasteiger partial charge < -0.3 is 10.2 Å². The van der Waals surface area contributed by atoms with Crippen LogP contribution in [0.5, 0.6) is 0 Å². The first-order valence-electron chi connectivity index (χ1n) is 6.48. The standard InChI is InChI=1S/C14H15ClN4O/c15-12-4-5-13(18-10-12)17-9-11(8-16)14(20)19-6-2-1-3-7-19/h4-5,9-10H,1-3,6-7H2,(H,17,18)/b11-9-. The molecular weight excluding hydrogens is 276 g/mol. The highest BCUT2D eigenvalue weighted by Gasteiger charge is 2.20. The van der Waals surface area contributed by atoms with E-state index >= 15 is 0 Å². The Morgan fingerprint density at radius 2 is 2.15 bits per heavy atom. The molecule has 0 saturated carbocycles. The quantitative estimate of drug-likeness (QED) is 0.686. The molecule has 2 rings (SSSR count). The largest absolute Gasteiger partial charge is 0.345 e. The highest BCUT2D eigenvalue weighted by molar-refractivity contribution is 6.30. The normalized spacial score (nSPS) is 15.6. The van der Waals surface area contributed by atoms with Crippen LogP contribution in [0.4, 0.5) is 5.82 Å². The monoisotopic (exact) mass is 290 g/mol. The van der Waals surface area contributed by atoms with E-state index in [0.717, 1.165) is 32.4 Å². The van der Waals surface area contributed by atoms with Crippen molar-refractivity contribution in [2.24, 2.45) is 0 Å². The van der Waals surface area contributed by atoms with E-state index in [0.29, 0.717) is 10.8 Å². The third-order valence-electron chi connectivity index (χ3n) is 3.09. The number of hydrogen-bond acceptors (Lipinski definition) is 4. The SMILES string of the molecule is N#C/C(=C/Nc1ccc(Cl)cn1)C(=O)N1CCCCC1. The molecule has 20 heavy (non-hydrogen) atoms. The molecule has 1 saturated heterocycles. The molecule has 2 heterocycles. The Kier molecular flexibility index (Phi) is 4.97. The van der Waals surface area contributed by atoms with Crippen molar-refractivity contribution in [1.82, 2.24) is 9.88 Å². The Labute approximate surface area is 122 Å². The van der Waals surface area contributed by atoms with E-state index in [4.69, 9.17) is 16.9 Å². The maximum absolute atomic E-state index is 12.2. The number of nitrogens with zero attached hydrogens (tertiary/aromatic N) is 3. The molecule has 1 aliphatic heterocycles. The second kappa shape index (κ2) is 6.92. The second-order valence-corrected chi connectivity index (χ2v) is 4.97. The van der Waals surface area contributed by atoms with E-state index in [-0.39, 0.29) is 11.5 Å². The van der Waals surface area contributed by atoms with Crippen molar-refractivity contribution in [2.45, 2.75) is 19.3 Å². The summed E-state index contributed by atoms with van der Waals surface area (Å²) >= 11 is 5.73. The fraction of sp³-hybridized carbons (Fsp3) is 0.357. The first kappa shape index (κ1) is 14.4. The number of halogens is 1. The number of amides is 1. The number of rotatable bonds is 3. The number of carbonyl (C=O) groups excluding carboxylic acids is 1. The van der Waals surface area contributed by atoms with Crippen LogP contribution in [-0.2, 0) is 4.79 Å². The fourth-order valence-corrected chi connectivity index (χ4v) is 2.13. The number of anilines is 1. The number of aromatic nitrogens is 1.